The third-order valence-electron chi connectivity index (χ3n) is 2.82. The molecule has 1 aliphatic rings. The number of amides is 1. The number of carbonyl (C=O) groups is 1. The lowest BCUT2D eigenvalue weighted by molar-refractivity contribution is -0.129. The Morgan fingerprint density at radius 2 is 2.07 bits per heavy atom. The third-order valence-corrected chi connectivity index (χ3v) is 2.82. The first-order valence-electron chi connectivity index (χ1n) is 5.23. The molecule has 2 atom stereocenters. The van der Waals surface area contributed by atoms with Gasteiger partial charge in [-0.25, -0.2) is 4.39 Å². The van der Waals surface area contributed by atoms with Crippen LogP contribution in [0, 0.1) is 5.92 Å². The van der Waals surface area contributed by atoms with Crippen molar-refractivity contribution in [1.82, 2.24) is 5.32 Å². The summed E-state index contributed by atoms with van der Waals surface area (Å²) in [5.74, 6) is -0.622. The molecule has 1 N–H and O–H groups in total. The fourth-order valence-corrected chi connectivity index (χ4v) is 1.96. The molecule has 1 amide bonds. The second-order valence-electron chi connectivity index (χ2n) is 3.93. The summed E-state index contributed by atoms with van der Waals surface area (Å²) in [5.41, 5.74) is 1.10. The Bertz CT molecular complexity index is 339. The topological polar surface area (TPSA) is 29.1 Å². The third kappa shape index (κ3) is 2.35. The molecular formula is C12H14FNO. The van der Waals surface area contributed by atoms with Crippen LogP contribution in [-0.4, -0.2) is 18.6 Å². The van der Waals surface area contributed by atoms with Gasteiger partial charge < -0.3 is 5.32 Å². The van der Waals surface area contributed by atoms with Crippen LogP contribution in [0.1, 0.15) is 12.0 Å². The van der Waals surface area contributed by atoms with E-state index in [0.29, 0.717) is 13.0 Å². The molecule has 1 aromatic rings. The van der Waals surface area contributed by atoms with Crippen LogP contribution in [0.25, 0.3) is 0 Å². The number of piperidine rings is 1. The summed E-state index contributed by atoms with van der Waals surface area (Å²) in [5, 5.41) is 2.53. The van der Waals surface area contributed by atoms with Crippen LogP contribution in [0.15, 0.2) is 30.3 Å². The first-order chi connectivity index (χ1) is 7.27. The molecule has 1 aliphatic heterocycles. The van der Waals surface area contributed by atoms with Crippen molar-refractivity contribution in [3.05, 3.63) is 35.9 Å². The van der Waals surface area contributed by atoms with E-state index in [2.05, 4.69) is 5.32 Å². The zero-order valence-electron chi connectivity index (χ0n) is 8.45. The van der Waals surface area contributed by atoms with Gasteiger partial charge in [0.15, 0.2) is 6.17 Å². The quantitative estimate of drug-likeness (QED) is 0.785. The summed E-state index contributed by atoms with van der Waals surface area (Å²) in [4.78, 5) is 11.1. The van der Waals surface area contributed by atoms with Crippen molar-refractivity contribution in [3.8, 4) is 0 Å². The van der Waals surface area contributed by atoms with Crippen LogP contribution >= 0.6 is 0 Å². The van der Waals surface area contributed by atoms with Crippen LogP contribution in [0.2, 0.25) is 0 Å². The van der Waals surface area contributed by atoms with Crippen molar-refractivity contribution in [1.29, 1.82) is 0 Å². The van der Waals surface area contributed by atoms with Crippen LogP contribution in [-0.2, 0) is 11.2 Å². The Labute approximate surface area is 88.5 Å². The maximum Gasteiger partial charge on any atom is 0.254 e. The number of carbonyl (C=O) groups excluding carboxylic acids is 1. The predicted molar refractivity (Wildman–Crippen MR) is 56.2 cm³/mol. The van der Waals surface area contributed by atoms with E-state index in [1.807, 2.05) is 30.3 Å². The van der Waals surface area contributed by atoms with Gasteiger partial charge in [-0.2, -0.15) is 0 Å². The molecule has 1 fully saturated rings. The molecule has 3 heteroatoms. The minimum atomic E-state index is -1.35. The Balaban J connectivity index is 2.02. The van der Waals surface area contributed by atoms with Gasteiger partial charge in [-0.15, -0.1) is 0 Å². The van der Waals surface area contributed by atoms with Crippen molar-refractivity contribution in [2.24, 2.45) is 5.92 Å². The summed E-state index contributed by atoms with van der Waals surface area (Å²) in [6.07, 6.45) is 0.0241. The molecule has 1 saturated heterocycles. The minimum absolute atomic E-state index is 0.166. The molecule has 0 aliphatic carbocycles. The van der Waals surface area contributed by atoms with Gasteiger partial charge in [0.2, 0.25) is 0 Å². The standard InChI is InChI=1S/C12H14FNO/c13-11-10(6-7-14-12(11)15)8-9-4-2-1-3-5-9/h1-5,10-11H,6-8H2,(H,14,15)/t10-,11+/m0/s1. The van der Waals surface area contributed by atoms with E-state index >= 15 is 0 Å². The van der Waals surface area contributed by atoms with Crippen LogP contribution < -0.4 is 5.32 Å². The van der Waals surface area contributed by atoms with Crippen LogP contribution in [0.3, 0.4) is 0 Å². The van der Waals surface area contributed by atoms with E-state index in [1.54, 1.807) is 0 Å². The van der Waals surface area contributed by atoms with E-state index in [9.17, 15) is 9.18 Å². The van der Waals surface area contributed by atoms with Gasteiger partial charge in [-0.05, 0) is 18.4 Å². The van der Waals surface area contributed by atoms with Gasteiger partial charge in [0.05, 0.1) is 0 Å². The number of alkyl halides is 1. The predicted octanol–water partition coefficient (Wildman–Crippen LogP) is 1.70. The maximum absolute atomic E-state index is 13.5. The van der Waals surface area contributed by atoms with Gasteiger partial charge in [0.25, 0.3) is 5.91 Å². The van der Waals surface area contributed by atoms with E-state index in [-0.39, 0.29) is 5.92 Å². The summed E-state index contributed by atoms with van der Waals surface area (Å²) in [7, 11) is 0. The molecular weight excluding hydrogens is 193 g/mol. The fraction of sp³-hybridized carbons (Fsp3) is 0.417. The number of halogens is 1. The zero-order valence-corrected chi connectivity index (χ0v) is 8.45. The summed E-state index contributed by atoms with van der Waals surface area (Å²) >= 11 is 0. The molecule has 0 aromatic heterocycles. The number of hydrogen-bond acceptors (Lipinski definition) is 1. The highest BCUT2D eigenvalue weighted by atomic mass is 19.1. The van der Waals surface area contributed by atoms with Crippen molar-refractivity contribution in [2.75, 3.05) is 6.54 Å². The second kappa shape index (κ2) is 4.43. The minimum Gasteiger partial charge on any atom is -0.354 e. The first kappa shape index (κ1) is 10.1. The van der Waals surface area contributed by atoms with E-state index in [4.69, 9.17) is 0 Å². The number of benzene rings is 1. The lowest BCUT2D eigenvalue weighted by Gasteiger charge is -2.25. The fourth-order valence-electron chi connectivity index (χ4n) is 1.96. The largest absolute Gasteiger partial charge is 0.354 e. The number of rotatable bonds is 2. The molecule has 1 heterocycles. The SMILES string of the molecule is O=C1NCC[C@@H](Cc2ccccc2)[C@H]1F. The monoisotopic (exact) mass is 207 g/mol. The van der Waals surface area contributed by atoms with E-state index in [0.717, 1.165) is 12.0 Å². The Kier molecular flexibility index (Phi) is 2.99. The molecule has 0 unspecified atom stereocenters. The molecule has 0 bridgehead atoms. The summed E-state index contributed by atoms with van der Waals surface area (Å²) < 4.78 is 13.5. The van der Waals surface area contributed by atoms with Crippen molar-refractivity contribution < 1.29 is 9.18 Å². The molecule has 2 rings (SSSR count). The van der Waals surface area contributed by atoms with Crippen LogP contribution in [0.4, 0.5) is 4.39 Å². The summed E-state index contributed by atoms with van der Waals surface area (Å²) in [6, 6.07) is 9.75. The number of hydrogen-bond donors (Lipinski definition) is 1. The summed E-state index contributed by atoms with van der Waals surface area (Å²) in [6.45, 7) is 0.594. The van der Waals surface area contributed by atoms with Crippen molar-refractivity contribution in [2.45, 2.75) is 19.0 Å². The van der Waals surface area contributed by atoms with E-state index < -0.39 is 12.1 Å². The maximum atomic E-state index is 13.5. The molecule has 0 radical (unpaired) electrons. The van der Waals surface area contributed by atoms with Gasteiger partial charge in [0, 0.05) is 12.5 Å². The Hall–Kier alpha value is -1.38. The van der Waals surface area contributed by atoms with E-state index in [1.165, 1.54) is 0 Å². The average Bonchev–Trinajstić information content (AvgIpc) is 2.26. The van der Waals surface area contributed by atoms with Crippen molar-refractivity contribution in [3.63, 3.8) is 0 Å². The van der Waals surface area contributed by atoms with Gasteiger partial charge in [-0.1, -0.05) is 30.3 Å². The molecule has 1 aromatic carbocycles. The molecule has 0 saturated carbocycles. The van der Waals surface area contributed by atoms with Gasteiger partial charge >= 0.3 is 0 Å². The normalized spacial score (nSPS) is 26.1. The lowest BCUT2D eigenvalue weighted by atomic mass is 9.89. The molecule has 0 spiro atoms. The second-order valence-corrected chi connectivity index (χ2v) is 3.93. The average molecular weight is 207 g/mol. The Morgan fingerprint density at radius 1 is 1.33 bits per heavy atom. The Morgan fingerprint density at radius 3 is 2.80 bits per heavy atom. The smallest absolute Gasteiger partial charge is 0.254 e. The number of nitrogens with one attached hydrogen (secondary N) is 1. The molecule has 80 valence electrons. The van der Waals surface area contributed by atoms with Gasteiger partial charge in [-0.3, -0.25) is 4.79 Å². The highest BCUT2D eigenvalue weighted by Crippen LogP contribution is 2.21. The highest BCUT2D eigenvalue weighted by Gasteiger charge is 2.31. The molecule has 2 nitrogen and oxygen atoms in total. The highest BCUT2D eigenvalue weighted by molar-refractivity contribution is 5.81. The molecule has 15 heavy (non-hydrogen) atoms. The lowest BCUT2D eigenvalue weighted by Crippen LogP contribution is -2.44. The van der Waals surface area contributed by atoms with Gasteiger partial charge in [0.1, 0.15) is 0 Å². The zero-order chi connectivity index (χ0) is 10.7. The van der Waals surface area contributed by atoms with Crippen LogP contribution in [0.5, 0.6) is 0 Å². The van der Waals surface area contributed by atoms with Crippen molar-refractivity contribution >= 4 is 5.91 Å². The first-order valence-corrected chi connectivity index (χ1v) is 5.23.